The Morgan fingerprint density at radius 3 is 2.62 bits per heavy atom. The SMILES string of the molecule is CCCNC(=O)CN=C(N)NCC. The van der Waals surface area contributed by atoms with Crippen LogP contribution >= 0.6 is 0 Å². The number of hydrogen-bond donors (Lipinski definition) is 3. The first kappa shape index (κ1) is 11.7. The molecule has 0 atom stereocenters. The number of nitrogens with two attached hydrogens (primary N) is 1. The van der Waals surface area contributed by atoms with Gasteiger partial charge < -0.3 is 16.4 Å². The Bertz CT molecular complexity index is 179. The number of rotatable bonds is 5. The molecule has 0 aliphatic heterocycles. The van der Waals surface area contributed by atoms with Crippen molar-refractivity contribution in [3.63, 3.8) is 0 Å². The molecule has 0 bridgehead atoms. The van der Waals surface area contributed by atoms with Crippen LogP contribution in [-0.4, -0.2) is 31.5 Å². The smallest absolute Gasteiger partial charge is 0.241 e. The first-order chi connectivity index (χ1) is 6.20. The van der Waals surface area contributed by atoms with E-state index < -0.39 is 0 Å². The second-order valence-electron chi connectivity index (χ2n) is 2.58. The van der Waals surface area contributed by atoms with Gasteiger partial charge in [0.25, 0.3) is 0 Å². The van der Waals surface area contributed by atoms with Crippen molar-refractivity contribution in [3.8, 4) is 0 Å². The van der Waals surface area contributed by atoms with E-state index in [1.165, 1.54) is 0 Å². The molecule has 0 fully saturated rings. The van der Waals surface area contributed by atoms with Crippen molar-refractivity contribution in [1.29, 1.82) is 0 Å². The van der Waals surface area contributed by atoms with Gasteiger partial charge in [-0.2, -0.15) is 0 Å². The maximum absolute atomic E-state index is 11.0. The van der Waals surface area contributed by atoms with Gasteiger partial charge in [0.05, 0.1) is 0 Å². The molecule has 0 radical (unpaired) electrons. The molecule has 0 aliphatic carbocycles. The molecule has 0 saturated heterocycles. The van der Waals surface area contributed by atoms with E-state index in [2.05, 4.69) is 15.6 Å². The highest BCUT2D eigenvalue weighted by molar-refractivity contribution is 5.83. The van der Waals surface area contributed by atoms with Gasteiger partial charge in [-0.1, -0.05) is 6.92 Å². The van der Waals surface area contributed by atoms with E-state index in [1.807, 2.05) is 13.8 Å². The molecule has 0 aliphatic rings. The number of aliphatic imine (C=N–C) groups is 1. The van der Waals surface area contributed by atoms with Crippen molar-refractivity contribution in [1.82, 2.24) is 10.6 Å². The topological polar surface area (TPSA) is 79.5 Å². The summed E-state index contributed by atoms with van der Waals surface area (Å²) in [7, 11) is 0. The predicted molar refractivity (Wildman–Crippen MR) is 53.5 cm³/mol. The van der Waals surface area contributed by atoms with Gasteiger partial charge in [0.15, 0.2) is 5.96 Å². The summed E-state index contributed by atoms with van der Waals surface area (Å²) in [5.41, 5.74) is 5.42. The van der Waals surface area contributed by atoms with Gasteiger partial charge >= 0.3 is 0 Å². The monoisotopic (exact) mass is 186 g/mol. The Labute approximate surface area is 78.8 Å². The van der Waals surface area contributed by atoms with Crippen LogP contribution in [0.2, 0.25) is 0 Å². The Hall–Kier alpha value is -1.26. The van der Waals surface area contributed by atoms with Crippen LogP contribution in [-0.2, 0) is 4.79 Å². The van der Waals surface area contributed by atoms with E-state index >= 15 is 0 Å². The summed E-state index contributed by atoms with van der Waals surface area (Å²) in [6, 6.07) is 0. The predicted octanol–water partition coefficient (Wildman–Crippen LogP) is -0.563. The van der Waals surface area contributed by atoms with Gasteiger partial charge in [-0.25, -0.2) is 4.99 Å². The molecule has 1 amide bonds. The van der Waals surface area contributed by atoms with E-state index in [1.54, 1.807) is 0 Å². The summed E-state index contributed by atoms with van der Waals surface area (Å²) in [6.07, 6.45) is 0.929. The van der Waals surface area contributed by atoms with Crippen LogP contribution in [0, 0.1) is 0 Å². The number of carbonyl (C=O) groups excluding carboxylic acids is 1. The van der Waals surface area contributed by atoms with Gasteiger partial charge in [0.2, 0.25) is 5.91 Å². The fourth-order valence-electron chi connectivity index (χ4n) is 0.714. The molecule has 0 heterocycles. The lowest BCUT2D eigenvalue weighted by Gasteiger charge is -2.02. The molecule has 0 aromatic rings. The van der Waals surface area contributed by atoms with Crippen LogP contribution in [0.1, 0.15) is 20.3 Å². The molecule has 5 heteroatoms. The molecule has 0 aromatic heterocycles. The quantitative estimate of drug-likeness (QED) is 0.397. The number of amides is 1. The van der Waals surface area contributed by atoms with Crippen LogP contribution in [0.4, 0.5) is 0 Å². The molecule has 0 rings (SSSR count). The molecule has 0 spiro atoms. The second kappa shape index (κ2) is 7.39. The third kappa shape index (κ3) is 7.11. The van der Waals surface area contributed by atoms with Crippen molar-refractivity contribution in [2.45, 2.75) is 20.3 Å². The average Bonchev–Trinajstić information content (AvgIpc) is 2.12. The third-order valence-corrected chi connectivity index (χ3v) is 1.32. The first-order valence-corrected chi connectivity index (χ1v) is 4.51. The molecule has 76 valence electrons. The molecule has 13 heavy (non-hydrogen) atoms. The summed E-state index contributed by atoms with van der Waals surface area (Å²) in [6.45, 7) is 5.41. The minimum Gasteiger partial charge on any atom is -0.370 e. The van der Waals surface area contributed by atoms with Gasteiger partial charge in [0, 0.05) is 13.1 Å². The molecule has 0 unspecified atom stereocenters. The lowest BCUT2D eigenvalue weighted by Crippen LogP contribution is -2.33. The number of hydrogen-bond acceptors (Lipinski definition) is 2. The summed E-state index contributed by atoms with van der Waals surface area (Å²) < 4.78 is 0. The van der Waals surface area contributed by atoms with Gasteiger partial charge in [-0.3, -0.25) is 4.79 Å². The molecular weight excluding hydrogens is 168 g/mol. The van der Waals surface area contributed by atoms with E-state index in [4.69, 9.17) is 5.73 Å². The molecule has 5 nitrogen and oxygen atoms in total. The van der Waals surface area contributed by atoms with Crippen molar-refractivity contribution < 1.29 is 4.79 Å². The Morgan fingerprint density at radius 2 is 2.08 bits per heavy atom. The highest BCUT2D eigenvalue weighted by Gasteiger charge is 1.97. The number of nitrogens with one attached hydrogen (secondary N) is 2. The Kier molecular flexibility index (Phi) is 6.68. The van der Waals surface area contributed by atoms with Crippen LogP contribution in [0.5, 0.6) is 0 Å². The Balaban J connectivity index is 3.60. The molecule has 0 aromatic carbocycles. The minimum absolute atomic E-state index is 0.0947. The fraction of sp³-hybridized carbons (Fsp3) is 0.750. The highest BCUT2D eigenvalue weighted by Crippen LogP contribution is 1.74. The zero-order valence-electron chi connectivity index (χ0n) is 8.26. The minimum atomic E-state index is -0.0947. The largest absolute Gasteiger partial charge is 0.370 e. The second-order valence-corrected chi connectivity index (χ2v) is 2.58. The fourth-order valence-corrected chi connectivity index (χ4v) is 0.714. The van der Waals surface area contributed by atoms with Gasteiger partial charge in [0.1, 0.15) is 6.54 Å². The van der Waals surface area contributed by atoms with Crippen molar-refractivity contribution in [2.24, 2.45) is 10.7 Å². The number of nitrogens with zero attached hydrogens (tertiary/aromatic N) is 1. The lowest BCUT2D eigenvalue weighted by atomic mass is 10.4. The van der Waals surface area contributed by atoms with Gasteiger partial charge in [-0.15, -0.1) is 0 Å². The average molecular weight is 186 g/mol. The standard InChI is InChI=1S/C8H18N4O/c1-3-5-11-7(13)6-12-8(9)10-4-2/h3-6H2,1-2H3,(H,11,13)(H3,9,10,12). The maximum atomic E-state index is 11.0. The zero-order chi connectivity index (χ0) is 10.1. The zero-order valence-corrected chi connectivity index (χ0v) is 8.26. The van der Waals surface area contributed by atoms with Gasteiger partial charge in [-0.05, 0) is 13.3 Å². The van der Waals surface area contributed by atoms with Crippen LogP contribution in [0.25, 0.3) is 0 Å². The maximum Gasteiger partial charge on any atom is 0.241 e. The van der Waals surface area contributed by atoms with Crippen LogP contribution < -0.4 is 16.4 Å². The van der Waals surface area contributed by atoms with E-state index in [-0.39, 0.29) is 12.5 Å². The Morgan fingerprint density at radius 1 is 1.38 bits per heavy atom. The van der Waals surface area contributed by atoms with Crippen LogP contribution in [0.15, 0.2) is 4.99 Å². The van der Waals surface area contributed by atoms with E-state index in [0.29, 0.717) is 19.0 Å². The first-order valence-electron chi connectivity index (χ1n) is 4.51. The van der Waals surface area contributed by atoms with E-state index in [0.717, 1.165) is 6.42 Å². The normalized spacial score (nSPS) is 11.1. The van der Waals surface area contributed by atoms with Crippen molar-refractivity contribution >= 4 is 11.9 Å². The summed E-state index contributed by atoms with van der Waals surface area (Å²) in [5, 5.41) is 5.51. The van der Waals surface area contributed by atoms with Crippen molar-refractivity contribution in [3.05, 3.63) is 0 Å². The highest BCUT2D eigenvalue weighted by atomic mass is 16.1. The lowest BCUT2D eigenvalue weighted by molar-refractivity contribution is -0.119. The number of guanidine groups is 1. The molecular formula is C8H18N4O. The molecule has 4 N–H and O–H groups in total. The summed E-state index contributed by atoms with van der Waals surface area (Å²) >= 11 is 0. The number of carbonyl (C=O) groups is 1. The third-order valence-electron chi connectivity index (χ3n) is 1.32. The molecule has 0 saturated carbocycles. The van der Waals surface area contributed by atoms with E-state index in [9.17, 15) is 4.79 Å². The van der Waals surface area contributed by atoms with Crippen molar-refractivity contribution in [2.75, 3.05) is 19.6 Å². The summed E-state index contributed by atoms with van der Waals surface area (Å²) in [4.78, 5) is 14.8. The van der Waals surface area contributed by atoms with Crippen LogP contribution in [0.3, 0.4) is 0 Å². The summed E-state index contributed by atoms with van der Waals surface area (Å²) in [5.74, 6) is 0.219.